The molecule has 1 aliphatic carbocycles. The molecular weight excluding hydrogens is 462 g/mol. The molecule has 3 N–H and O–H groups in total. The van der Waals surface area contributed by atoms with Crippen LogP contribution >= 0.6 is 0 Å². The van der Waals surface area contributed by atoms with Crippen molar-refractivity contribution >= 4 is 17.9 Å². The second-order valence-corrected chi connectivity index (χ2v) is 9.40. The maximum Gasteiger partial charge on any atom is 0.317 e. The van der Waals surface area contributed by atoms with Gasteiger partial charge in [-0.05, 0) is 32.1 Å². The molecule has 2 aliphatic heterocycles. The number of hydrogen-bond donors (Lipinski definition) is 3. The first-order chi connectivity index (χ1) is 16.8. The molecule has 1 aromatic heterocycles. The third kappa shape index (κ3) is 6.54. The van der Waals surface area contributed by atoms with Gasteiger partial charge in [-0.25, -0.2) is 0 Å². The van der Waals surface area contributed by atoms with Gasteiger partial charge in [-0.1, -0.05) is 18.1 Å². The molecule has 3 heterocycles. The SMILES string of the molecule is O=C(O)CN(C1CC(=O)O1)C1CCCCC1N(Cc1cn(CCCCC(O)O)nn1)C1CC(=O)O1. The van der Waals surface area contributed by atoms with Gasteiger partial charge in [0, 0.05) is 31.4 Å². The van der Waals surface area contributed by atoms with Gasteiger partial charge in [-0.3, -0.25) is 28.9 Å². The monoisotopic (exact) mass is 495 g/mol. The van der Waals surface area contributed by atoms with Gasteiger partial charge in [0.15, 0.2) is 18.7 Å². The normalized spacial score (nSPS) is 26.4. The van der Waals surface area contributed by atoms with Crippen molar-refractivity contribution in [3.63, 3.8) is 0 Å². The van der Waals surface area contributed by atoms with E-state index in [2.05, 4.69) is 15.2 Å². The predicted molar refractivity (Wildman–Crippen MR) is 117 cm³/mol. The van der Waals surface area contributed by atoms with E-state index < -0.39 is 24.7 Å². The maximum absolute atomic E-state index is 11.6. The van der Waals surface area contributed by atoms with Crippen LogP contribution in [0.2, 0.25) is 0 Å². The molecule has 2 saturated heterocycles. The lowest BCUT2D eigenvalue weighted by molar-refractivity contribution is -0.211. The predicted octanol–water partition coefficient (Wildman–Crippen LogP) is -0.195. The highest BCUT2D eigenvalue weighted by Gasteiger charge is 2.47. The van der Waals surface area contributed by atoms with E-state index in [4.69, 9.17) is 19.7 Å². The lowest BCUT2D eigenvalue weighted by Gasteiger charge is -2.50. The van der Waals surface area contributed by atoms with Gasteiger partial charge in [0.05, 0.1) is 25.1 Å². The minimum absolute atomic E-state index is 0.114. The lowest BCUT2D eigenvalue weighted by atomic mass is 9.86. The molecule has 0 bridgehead atoms. The van der Waals surface area contributed by atoms with Crippen LogP contribution in [-0.4, -0.2) is 95.4 Å². The molecule has 0 spiro atoms. The first kappa shape index (κ1) is 25.5. The summed E-state index contributed by atoms with van der Waals surface area (Å²) in [4.78, 5) is 38.6. The molecule has 4 unspecified atom stereocenters. The van der Waals surface area contributed by atoms with Crippen molar-refractivity contribution in [1.82, 2.24) is 24.8 Å². The highest BCUT2D eigenvalue weighted by molar-refractivity contribution is 5.76. The van der Waals surface area contributed by atoms with Crippen LogP contribution in [0.25, 0.3) is 0 Å². The average molecular weight is 496 g/mol. The first-order valence-electron chi connectivity index (χ1n) is 12.2. The van der Waals surface area contributed by atoms with E-state index in [0.29, 0.717) is 31.6 Å². The highest BCUT2D eigenvalue weighted by atomic mass is 16.6. The first-order valence-corrected chi connectivity index (χ1v) is 12.2. The minimum atomic E-state index is -1.31. The minimum Gasteiger partial charge on any atom is -0.480 e. The van der Waals surface area contributed by atoms with Crippen LogP contribution in [0.5, 0.6) is 0 Å². The van der Waals surface area contributed by atoms with Gasteiger partial charge in [0.1, 0.15) is 0 Å². The molecule has 13 nitrogen and oxygen atoms in total. The van der Waals surface area contributed by atoms with Crippen LogP contribution in [0.4, 0.5) is 0 Å². The molecule has 1 saturated carbocycles. The Morgan fingerprint density at radius 1 is 1.06 bits per heavy atom. The summed E-state index contributed by atoms with van der Waals surface area (Å²) in [7, 11) is 0. The Morgan fingerprint density at radius 3 is 2.23 bits per heavy atom. The quantitative estimate of drug-likeness (QED) is 0.188. The van der Waals surface area contributed by atoms with Crippen molar-refractivity contribution in [2.75, 3.05) is 6.54 Å². The Morgan fingerprint density at radius 2 is 1.66 bits per heavy atom. The van der Waals surface area contributed by atoms with Gasteiger partial charge < -0.3 is 24.8 Å². The summed E-state index contributed by atoms with van der Waals surface area (Å²) in [5, 5.41) is 35.9. The zero-order valence-corrected chi connectivity index (χ0v) is 19.6. The number of carbonyl (C=O) groups is 3. The fourth-order valence-corrected chi connectivity index (χ4v) is 5.13. The second kappa shape index (κ2) is 11.4. The van der Waals surface area contributed by atoms with Crippen LogP contribution in [-0.2, 0) is 36.9 Å². The third-order valence-electron chi connectivity index (χ3n) is 6.85. The van der Waals surface area contributed by atoms with E-state index >= 15 is 0 Å². The van der Waals surface area contributed by atoms with Crippen molar-refractivity contribution in [2.24, 2.45) is 0 Å². The number of aliphatic hydroxyl groups excluding tert-OH is 1. The van der Waals surface area contributed by atoms with E-state index in [1.807, 2.05) is 6.20 Å². The molecule has 0 aromatic carbocycles. The number of carbonyl (C=O) groups excluding carboxylic acids is 2. The highest BCUT2D eigenvalue weighted by Crippen LogP contribution is 2.35. The Balaban J connectivity index is 1.47. The number of esters is 2. The summed E-state index contributed by atoms with van der Waals surface area (Å²) in [5.74, 6) is -1.61. The number of ether oxygens (including phenoxy) is 2. The van der Waals surface area contributed by atoms with E-state index in [1.54, 1.807) is 9.58 Å². The Labute approximate surface area is 202 Å². The summed E-state index contributed by atoms with van der Waals surface area (Å²) in [5.41, 5.74) is 0.694. The van der Waals surface area contributed by atoms with Gasteiger partial charge in [0.2, 0.25) is 0 Å². The maximum atomic E-state index is 11.6. The summed E-state index contributed by atoms with van der Waals surface area (Å²) in [6.07, 6.45) is 5.00. The fraction of sp³-hybridized carbons (Fsp3) is 0.773. The number of unbranched alkanes of at least 4 members (excludes halogenated alkanes) is 1. The number of cyclic esters (lactones) is 2. The van der Waals surface area contributed by atoms with E-state index in [9.17, 15) is 19.5 Å². The summed E-state index contributed by atoms with van der Waals surface area (Å²) in [6, 6.07) is -0.297. The van der Waals surface area contributed by atoms with Crippen LogP contribution in [0.3, 0.4) is 0 Å². The lowest BCUT2D eigenvalue weighted by Crippen LogP contribution is -2.63. The molecule has 194 valence electrons. The molecule has 4 atom stereocenters. The number of carboxylic acid groups (broad SMARTS) is 1. The van der Waals surface area contributed by atoms with E-state index in [1.165, 1.54) is 0 Å². The topological polar surface area (TPSA) is 168 Å². The second-order valence-electron chi connectivity index (χ2n) is 9.40. The average Bonchev–Trinajstić information content (AvgIpc) is 3.22. The van der Waals surface area contributed by atoms with Gasteiger partial charge >= 0.3 is 17.9 Å². The molecule has 3 fully saturated rings. The van der Waals surface area contributed by atoms with Gasteiger partial charge in [0.25, 0.3) is 0 Å². The van der Waals surface area contributed by atoms with E-state index in [0.717, 1.165) is 32.1 Å². The molecule has 1 aromatic rings. The molecule has 0 amide bonds. The molecule has 13 heteroatoms. The molecule has 4 rings (SSSR count). The van der Waals surface area contributed by atoms with Crippen molar-refractivity contribution in [2.45, 2.75) is 102 Å². The Kier molecular flexibility index (Phi) is 8.31. The number of aryl methyl sites for hydroxylation is 1. The van der Waals surface area contributed by atoms with Crippen molar-refractivity contribution in [3.05, 3.63) is 11.9 Å². The molecule has 0 radical (unpaired) electrons. The number of aliphatic carboxylic acids is 1. The number of nitrogens with zero attached hydrogens (tertiary/aromatic N) is 5. The van der Waals surface area contributed by atoms with Crippen LogP contribution in [0, 0.1) is 0 Å². The Bertz CT molecular complexity index is 892. The number of carboxylic acids is 1. The van der Waals surface area contributed by atoms with Gasteiger partial charge in [-0.15, -0.1) is 5.10 Å². The van der Waals surface area contributed by atoms with Crippen molar-refractivity contribution in [3.8, 4) is 0 Å². The number of rotatable bonds is 13. The number of aliphatic hydroxyl groups is 2. The van der Waals surface area contributed by atoms with E-state index in [-0.39, 0.29) is 43.4 Å². The fourth-order valence-electron chi connectivity index (χ4n) is 5.13. The third-order valence-corrected chi connectivity index (χ3v) is 6.85. The smallest absolute Gasteiger partial charge is 0.317 e. The van der Waals surface area contributed by atoms with Crippen molar-refractivity contribution < 1.29 is 39.2 Å². The number of hydrogen-bond acceptors (Lipinski definition) is 11. The Hall–Kier alpha value is -2.61. The molecule has 3 aliphatic rings. The van der Waals surface area contributed by atoms with Crippen molar-refractivity contribution in [1.29, 1.82) is 0 Å². The zero-order chi connectivity index (χ0) is 24.9. The number of aromatic nitrogens is 3. The van der Waals surface area contributed by atoms with Crippen LogP contribution in [0.1, 0.15) is 63.5 Å². The summed E-state index contributed by atoms with van der Waals surface area (Å²) < 4.78 is 12.4. The van der Waals surface area contributed by atoms with Crippen LogP contribution in [0.15, 0.2) is 6.20 Å². The molecular formula is C22H33N5O8. The summed E-state index contributed by atoms with van der Waals surface area (Å²) >= 11 is 0. The molecule has 35 heavy (non-hydrogen) atoms. The van der Waals surface area contributed by atoms with Crippen LogP contribution < -0.4 is 0 Å². The zero-order valence-electron chi connectivity index (χ0n) is 19.6. The largest absolute Gasteiger partial charge is 0.480 e. The van der Waals surface area contributed by atoms with Gasteiger partial charge in [-0.2, -0.15) is 0 Å². The summed E-state index contributed by atoms with van der Waals surface area (Å²) in [6.45, 7) is 0.722. The standard InChI is InChI=1S/C22H33N5O8/c28-19(29)7-3-4-8-25-11-14(23-24-25)12-26(17-9-21(32)34-17)15-5-1-2-6-16(15)27(13-20(30)31)18-10-22(33)35-18/h11,15-19,28-29H,1-10,12-13H2,(H,30,31).